The molecule has 7 rings (SSSR count). The van der Waals surface area contributed by atoms with Gasteiger partial charge in [-0.1, -0.05) is 18.6 Å². The molecule has 0 spiro atoms. The van der Waals surface area contributed by atoms with Crippen molar-refractivity contribution in [1.29, 1.82) is 0 Å². The van der Waals surface area contributed by atoms with E-state index in [1.807, 2.05) is 18.5 Å². The number of aromatic nitrogens is 5. The summed E-state index contributed by atoms with van der Waals surface area (Å²) in [5.74, 6) is 0.810. The molecule has 0 saturated heterocycles. The van der Waals surface area contributed by atoms with E-state index < -0.39 is 0 Å². The summed E-state index contributed by atoms with van der Waals surface area (Å²) in [5.41, 5.74) is 8.09. The first-order valence-corrected chi connectivity index (χ1v) is 13.4. The molecule has 5 aromatic heterocycles. The first-order chi connectivity index (χ1) is 17.8. The summed E-state index contributed by atoms with van der Waals surface area (Å²) in [7, 11) is 0. The highest BCUT2D eigenvalue weighted by atomic mass is 32.1. The maximum Gasteiger partial charge on any atom is 0.138 e. The fourth-order valence-electron chi connectivity index (χ4n) is 5.23. The maximum absolute atomic E-state index is 6.25. The van der Waals surface area contributed by atoms with Crippen LogP contribution in [0.1, 0.15) is 32.1 Å². The SMILES string of the molecule is c1cc(-c2ccsc2)c2cc(-c3n[nH]c4cnc(-c5cncc(OC6CCCCC6)c5)cc34)[nH]c2c1. The predicted molar refractivity (Wildman–Crippen MR) is 145 cm³/mol. The number of rotatable bonds is 5. The fraction of sp³-hybridized carbons (Fsp3) is 0.207. The summed E-state index contributed by atoms with van der Waals surface area (Å²) in [5, 5.41) is 14.3. The predicted octanol–water partition coefficient (Wildman–Crippen LogP) is 7.61. The maximum atomic E-state index is 6.25. The molecule has 0 bridgehead atoms. The Morgan fingerprint density at radius 1 is 0.889 bits per heavy atom. The van der Waals surface area contributed by atoms with Crippen molar-refractivity contribution < 1.29 is 4.74 Å². The van der Waals surface area contributed by atoms with E-state index in [0.29, 0.717) is 0 Å². The number of nitrogens with one attached hydrogen (secondary N) is 2. The Morgan fingerprint density at radius 3 is 2.72 bits per heavy atom. The van der Waals surface area contributed by atoms with Crippen molar-refractivity contribution in [2.24, 2.45) is 0 Å². The smallest absolute Gasteiger partial charge is 0.138 e. The molecule has 1 aliphatic rings. The van der Waals surface area contributed by atoms with E-state index in [4.69, 9.17) is 4.74 Å². The van der Waals surface area contributed by atoms with Crippen LogP contribution in [0.3, 0.4) is 0 Å². The van der Waals surface area contributed by atoms with Crippen LogP contribution in [0.2, 0.25) is 0 Å². The van der Waals surface area contributed by atoms with Crippen molar-refractivity contribution in [2.75, 3.05) is 0 Å². The molecular weight excluding hydrogens is 466 g/mol. The van der Waals surface area contributed by atoms with Crippen molar-refractivity contribution in [1.82, 2.24) is 25.1 Å². The molecule has 6 aromatic rings. The molecule has 0 radical (unpaired) electrons. The Bertz CT molecular complexity index is 1660. The van der Waals surface area contributed by atoms with Gasteiger partial charge in [-0.3, -0.25) is 15.1 Å². The average molecular weight is 492 g/mol. The topological polar surface area (TPSA) is 79.5 Å². The highest BCUT2D eigenvalue weighted by Crippen LogP contribution is 2.35. The zero-order chi connectivity index (χ0) is 23.9. The van der Waals surface area contributed by atoms with E-state index in [9.17, 15) is 0 Å². The van der Waals surface area contributed by atoms with Crippen LogP contribution >= 0.6 is 11.3 Å². The minimum atomic E-state index is 0.285. The van der Waals surface area contributed by atoms with E-state index in [-0.39, 0.29) is 6.10 Å². The largest absolute Gasteiger partial charge is 0.489 e. The van der Waals surface area contributed by atoms with Gasteiger partial charge in [-0.25, -0.2) is 0 Å². The summed E-state index contributed by atoms with van der Waals surface area (Å²) in [6.07, 6.45) is 11.8. The molecule has 0 unspecified atom stereocenters. The van der Waals surface area contributed by atoms with E-state index in [2.05, 4.69) is 72.3 Å². The lowest BCUT2D eigenvalue weighted by atomic mass is 9.98. The van der Waals surface area contributed by atoms with Gasteiger partial charge in [0, 0.05) is 28.0 Å². The van der Waals surface area contributed by atoms with Crippen molar-refractivity contribution in [3.8, 4) is 39.5 Å². The third kappa shape index (κ3) is 3.85. The Balaban J connectivity index is 1.26. The van der Waals surface area contributed by atoms with Gasteiger partial charge < -0.3 is 9.72 Å². The second kappa shape index (κ2) is 8.91. The first-order valence-electron chi connectivity index (χ1n) is 12.4. The summed E-state index contributed by atoms with van der Waals surface area (Å²) < 4.78 is 6.25. The zero-order valence-electron chi connectivity index (χ0n) is 19.7. The molecule has 7 heteroatoms. The number of hydrogen-bond donors (Lipinski definition) is 2. The molecule has 178 valence electrons. The molecule has 1 aromatic carbocycles. The number of benzene rings is 1. The lowest BCUT2D eigenvalue weighted by Crippen LogP contribution is -2.19. The molecule has 2 N–H and O–H groups in total. The van der Waals surface area contributed by atoms with Gasteiger partial charge in [0.2, 0.25) is 0 Å². The normalized spacial score (nSPS) is 14.6. The van der Waals surface area contributed by atoms with Crippen LogP contribution in [0.25, 0.3) is 55.6 Å². The summed E-state index contributed by atoms with van der Waals surface area (Å²) >= 11 is 1.71. The minimum Gasteiger partial charge on any atom is -0.489 e. The molecule has 0 atom stereocenters. The number of fused-ring (bicyclic) bond motifs is 2. The van der Waals surface area contributed by atoms with Crippen LogP contribution in [-0.4, -0.2) is 31.3 Å². The van der Waals surface area contributed by atoms with Crippen LogP contribution < -0.4 is 4.74 Å². The Labute approximate surface area is 212 Å². The molecule has 6 nitrogen and oxygen atoms in total. The van der Waals surface area contributed by atoms with Crippen molar-refractivity contribution in [3.05, 3.63) is 71.8 Å². The lowest BCUT2D eigenvalue weighted by Gasteiger charge is -2.22. The van der Waals surface area contributed by atoms with Gasteiger partial charge in [0.05, 0.1) is 35.4 Å². The fourth-order valence-corrected chi connectivity index (χ4v) is 5.89. The number of hydrogen-bond acceptors (Lipinski definition) is 5. The molecule has 1 fully saturated rings. The number of ether oxygens (including phenoxy) is 1. The van der Waals surface area contributed by atoms with Crippen molar-refractivity contribution in [3.63, 3.8) is 0 Å². The highest BCUT2D eigenvalue weighted by Gasteiger charge is 2.17. The van der Waals surface area contributed by atoms with E-state index in [0.717, 1.165) is 57.7 Å². The zero-order valence-corrected chi connectivity index (χ0v) is 20.5. The number of thiophene rings is 1. The van der Waals surface area contributed by atoms with E-state index in [1.54, 1.807) is 17.5 Å². The van der Waals surface area contributed by atoms with Gasteiger partial charge in [-0.2, -0.15) is 16.4 Å². The molecule has 0 aliphatic heterocycles. The second-order valence-electron chi connectivity index (χ2n) is 9.44. The average Bonchev–Trinajstić information content (AvgIpc) is 3.68. The monoisotopic (exact) mass is 491 g/mol. The van der Waals surface area contributed by atoms with E-state index >= 15 is 0 Å². The summed E-state index contributed by atoms with van der Waals surface area (Å²) in [4.78, 5) is 12.7. The minimum absolute atomic E-state index is 0.285. The number of nitrogens with zero attached hydrogens (tertiary/aromatic N) is 3. The van der Waals surface area contributed by atoms with Crippen LogP contribution in [0, 0.1) is 0 Å². The molecule has 0 amide bonds. The standard InChI is InChI=1S/C29H25N5OS/c1-2-5-20(6-3-1)35-21-11-19(14-30-15-21)26-13-24-28(16-31-26)33-34-29(24)27-12-23-22(18-9-10-36-17-18)7-4-8-25(23)32-27/h4,7-17,20,32H,1-3,5-6H2,(H,33,34). The van der Waals surface area contributed by atoms with Crippen LogP contribution in [-0.2, 0) is 0 Å². The Kier molecular flexibility index (Phi) is 5.28. The van der Waals surface area contributed by atoms with Crippen molar-refractivity contribution >= 4 is 33.1 Å². The lowest BCUT2D eigenvalue weighted by molar-refractivity contribution is 0.154. The molecule has 36 heavy (non-hydrogen) atoms. The Hall–Kier alpha value is -3.97. The van der Waals surface area contributed by atoms with Crippen LogP contribution in [0.5, 0.6) is 5.75 Å². The quantitative estimate of drug-likeness (QED) is 0.260. The molecule has 1 saturated carbocycles. The highest BCUT2D eigenvalue weighted by molar-refractivity contribution is 7.08. The summed E-state index contributed by atoms with van der Waals surface area (Å²) in [6, 6.07) is 14.9. The molecular formula is C29H25N5OS. The Morgan fingerprint density at radius 2 is 1.83 bits per heavy atom. The summed E-state index contributed by atoms with van der Waals surface area (Å²) in [6.45, 7) is 0. The van der Waals surface area contributed by atoms with Gasteiger partial charge in [-0.15, -0.1) is 0 Å². The van der Waals surface area contributed by atoms with Gasteiger partial charge in [-0.05, 0) is 77.9 Å². The number of aromatic amines is 2. The first kappa shape index (κ1) is 21.3. The van der Waals surface area contributed by atoms with Gasteiger partial charge >= 0.3 is 0 Å². The van der Waals surface area contributed by atoms with Gasteiger partial charge in [0.25, 0.3) is 0 Å². The van der Waals surface area contributed by atoms with Gasteiger partial charge in [0.1, 0.15) is 11.4 Å². The number of pyridine rings is 2. The molecule has 1 aliphatic carbocycles. The van der Waals surface area contributed by atoms with E-state index in [1.165, 1.54) is 35.8 Å². The van der Waals surface area contributed by atoms with Crippen LogP contribution in [0.4, 0.5) is 0 Å². The number of H-pyrrole nitrogens is 2. The second-order valence-corrected chi connectivity index (χ2v) is 10.2. The van der Waals surface area contributed by atoms with Gasteiger partial charge in [0.15, 0.2) is 0 Å². The molecule has 5 heterocycles. The third-order valence-corrected chi connectivity index (χ3v) is 7.75. The third-order valence-electron chi connectivity index (χ3n) is 7.06. The van der Waals surface area contributed by atoms with Crippen molar-refractivity contribution in [2.45, 2.75) is 38.2 Å². The van der Waals surface area contributed by atoms with Crippen LogP contribution in [0.15, 0.2) is 71.8 Å².